The van der Waals surface area contributed by atoms with Gasteiger partial charge in [0.1, 0.15) is 12.6 Å². The summed E-state index contributed by atoms with van der Waals surface area (Å²) in [7, 11) is 0. The van der Waals surface area contributed by atoms with Gasteiger partial charge in [0.2, 0.25) is 5.91 Å². The van der Waals surface area contributed by atoms with Gasteiger partial charge in [-0.3, -0.25) is 9.69 Å². The molecule has 7 heteroatoms. The van der Waals surface area contributed by atoms with Crippen molar-refractivity contribution in [2.75, 3.05) is 13.1 Å². The summed E-state index contributed by atoms with van der Waals surface area (Å²) in [6.07, 6.45) is 0. The third kappa shape index (κ3) is 3.84. The molecule has 1 fully saturated rings. The number of urea groups is 1. The summed E-state index contributed by atoms with van der Waals surface area (Å²) in [6.45, 7) is 7.45. The van der Waals surface area contributed by atoms with Crippen LogP contribution in [0.15, 0.2) is 0 Å². The number of aliphatic carboxylic acids is 1. The molecule has 1 aliphatic rings. The van der Waals surface area contributed by atoms with E-state index in [0.29, 0.717) is 0 Å². The van der Waals surface area contributed by atoms with Crippen LogP contribution in [0.4, 0.5) is 4.79 Å². The zero-order valence-corrected chi connectivity index (χ0v) is 11.7. The van der Waals surface area contributed by atoms with Crippen LogP contribution in [0, 0.1) is 5.41 Å². The molecule has 19 heavy (non-hydrogen) atoms. The van der Waals surface area contributed by atoms with Crippen LogP contribution in [0.3, 0.4) is 0 Å². The Labute approximate surface area is 112 Å². The lowest BCUT2D eigenvalue weighted by atomic mass is 9.88. The van der Waals surface area contributed by atoms with E-state index < -0.39 is 18.0 Å². The summed E-state index contributed by atoms with van der Waals surface area (Å²) in [4.78, 5) is 35.5. The van der Waals surface area contributed by atoms with Crippen LogP contribution < -0.4 is 10.6 Å². The van der Waals surface area contributed by atoms with Crippen LogP contribution in [0.1, 0.15) is 27.7 Å². The zero-order valence-electron chi connectivity index (χ0n) is 11.7. The van der Waals surface area contributed by atoms with Crippen molar-refractivity contribution in [1.82, 2.24) is 15.5 Å². The Morgan fingerprint density at radius 1 is 1.47 bits per heavy atom. The van der Waals surface area contributed by atoms with E-state index in [1.807, 2.05) is 27.7 Å². The third-order valence-corrected chi connectivity index (χ3v) is 3.37. The van der Waals surface area contributed by atoms with Gasteiger partial charge in [0, 0.05) is 12.6 Å². The molecule has 3 amide bonds. The predicted octanol–water partition coefficient (Wildman–Crippen LogP) is 0.0156. The molecule has 0 spiro atoms. The Kier molecular flexibility index (Phi) is 4.39. The number of rotatable bonds is 2. The minimum Gasteiger partial charge on any atom is -0.480 e. The van der Waals surface area contributed by atoms with Gasteiger partial charge in [-0.2, -0.15) is 0 Å². The van der Waals surface area contributed by atoms with Crippen LogP contribution >= 0.6 is 0 Å². The molecule has 0 bridgehead atoms. The fraction of sp³-hybridized carbons (Fsp3) is 0.750. The highest BCUT2D eigenvalue weighted by molar-refractivity contribution is 5.90. The van der Waals surface area contributed by atoms with Gasteiger partial charge in [0.15, 0.2) is 0 Å². The van der Waals surface area contributed by atoms with Gasteiger partial charge in [-0.15, -0.1) is 0 Å². The van der Waals surface area contributed by atoms with Crippen molar-refractivity contribution in [3.63, 3.8) is 0 Å². The molecular weight excluding hydrogens is 250 g/mol. The van der Waals surface area contributed by atoms with Gasteiger partial charge in [-0.25, -0.2) is 9.59 Å². The lowest BCUT2D eigenvalue weighted by Gasteiger charge is -2.35. The highest BCUT2D eigenvalue weighted by Gasteiger charge is 2.36. The predicted molar refractivity (Wildman–Crippen MR) is 68.6 cm³/mol. The summed E-state index contributed by atoms with van der Waals surface area (Å²) in [6, 6.07) is -1.69. The molecule has 2 atom stereocenters. The van der Waals surface area contributed by atoms with Crippen LogP contribution in [0.5, 0.6) is 0 Å². The fourth-order valence-electron chi connectivity index (χ4n) is 1.56. The molecule has 108 valence electrons. The van der Waals surface area contributed by atoms with Crippen molar-refractivity contribution in [2.45, 2.75) is 39.8 Å². The van der Waals surface area contributed by atoms with Crippen molar-refractivity contribution in [1.29, 1.82) is 0 Å². The second-order valence-corrected chi connectivity index (χ2v) is 5.82. The molecule has 7 nitrogen and oxygen atoms in total. The number of carbonyl (C=O) groups is 3. The largest absolute Gasteiger partial charge is 0.480 e. The smallest absolute Gasteiger partial charge is 0.328 e. The number of hydrogen-bond acceptors (Lipinski definition) is 3. The van der Waals surface area contributed by atoms with E-state index >= 15 is 0 Å². The highest BCUT2D eigenvalue weighted by atomic mass is 16.4. The lowest BCUT2D eigenvalue weighted by Crippen LogP contribution is -2.62. The number of nitrogens with zero attached hydrogens (tertiary/aromatic N) is 1. The summed E-state index contributed by atoms with van der Waals surface area (Å²) in [5, 5.41) is 14.2. The number of hydrogen-bond donors (Lipinski definition) is 3. The summed E-state index contributed by atoms with van der Waals surface area (Å²) in [5.41, 5.74) is -0.146. The molecule has 1 saturated heterocycles. The monoisotopic (exact) mass is 271 g/mol. The Hall–Kier alpha value is -1.79. The SMILES string of the molecule is CC(NC(=O)N1CC(=O)NCC1C(=O)O)C(C)(C)C. The average Bonchev–Trinajstić information content (AvgIpc) is 2.26. The number of piperazine rings is 1. The maximum atomic E-state index is 12.1. The quantitative estimate of drug-likeness (QED) is 0.659. The fourth-order valence-corrected chi connectivity index (χ4v) is 1.56. The molecule has 1 heterocycles. The Morgan fingerprint density at radius 3 is 2.53 bits per heavy atom. The van der Waals surface area contributed by atoms with Crippen molar-refractivity contribution >= 4 is 17.9 Å². The zero-order chi connectivity index (χ0) is 14.8. The molecule has 1 rings (SSSR count). The van der Waals surface area contributed by atoms with Crippen molar-refractivity contribution in [3.8, 4) is 0 Å². The standard InChI is InChI=1S/C12H21N3O4/c1-7(12(2,3)4)14-11(19)15-6-9(16)13-5-8(15)10(17)18/h7-8H,5-6H2,1-4H3,(H,13,16)(H,14,19)(H,17,18). The normalized spacial score (nSPS) is 21.6. The number of carboxylic acid groups (broad SMARTS) is 1. The third-order valence-electron chi connectivity index (χ3n) is 3.37. The number of carboxylic acids is 1. The molecule has 3 N–H and O–H groups in total. The first-order valence-electron chi connectivity index (χ1n) is 6.19. The molecular formula is C12H21N3O4. The van der Waals surface area contributed by atoms with E-state index in [0.717, 1.165) is 4.90 Å². The van der Waals surface area contributed by atoms with Crippen molar-refractivity contribution < 1.29 is 19.5 Å². The minimum atomic E-state index is -1.13. The van der Waals surface area contributed by atoms with Gasteiger partial charge < -0.3 is 15.7 Å². The van der Waals surface area contributed by atoms with E-state index in [4.69, 9.17) is 5.11 Å². The van der Waals surface area contributed by atoms with E-state index in [1.165, 1.54) is 0 Å². The van der Waals surface area contributed by atoms with Crippen LogP contribution in [0.25, 0.3) is 0 Å². The van der Waals surface area contributed by atoms with Gasteiger partial charge in [-0.05, 0) is 12.3 Å². The average molecular weight is 271 g/mol. The molecule has 0 aromatic heterocycles. The first-order valence-corrected chi connectivity index (χ1v) is 6.19. The molecule has 0 aromatic carbocycles. The Bertz CT molecular complexity index is 389. The molecule has 0 aliphatic carbocycles. The maximum absolute atomic E-state index is 12.1. The molecule has 1 aliphatic heterocycles. The summed E-state index contributed by atoms with van der Waals surface area (Å²) < 4.78 is 0. The Morgan fingerprint density at radius 2 is 2.05 bits per heavy atom. The second kappa shape index (κ2) is 5.46. The molecule has 0 aromatic rings. The van der Waals surface area contributed by atoms with E-state index in [-0.39, 0.29) is 30.5 Å². The first-order chi connectivity index (χ1) is 8.62. The van der Waals surface area contributed by atoms with Crippen molar-refractivity contribution in [2.24, 2.45) is 5.41 Å². The van der Waals surface area contributed by atoms with Gasteiger partial charge >= 0.3 is 12.0 Å². The van der Waals surface area contributed by atoms with Crippen LogP contribution in [0.2, 0.25) is 0 Å². The van der Waals surface area contributed by atoms with E-state index in [9.17, 15) is 14.4 Å². The summed E-state index contributed by atoms with van der Waals surface area (Å²) in [5.74, 6) is -1.48. The van der Waals surface area contributed by atoms with Crippen molar-refractivity contribution in [3.05, 3.63) is 0 Å². The number of carbonyl (C=O) groups excluding carboxylic acids is 2. The summed E-state index contributed by atoms with van der Waals surface area (Å²) >= 11 is 0. The second-order valence-electron chi connectivity index (χ2n) is 5.82. The maximum Gasteiger partial charge on any atom is 0.328 e. The van der Waals surface area contributed by atoms with Gasteiger partial charge in [0.05, 0.1) is 0 Å². The first kappa shape index (κ1) is 15.3. The topological polar surface area (TPSA) is 98.7 Å². The van der Waals surface area contributed by atoms with Gasteiger partial charge in [0.25, 0.3) is 0 Å². The molecule has 2 unspecified atom stereocenters. The van der Waals surface area contributed by atoms with E-state index in [1.54, 1.807) is 0 Å². The number of amides is 3. The molecule has 0 saturated carbocycles. The van der Waals surface area contributed by atoms with Crippen LogP contribution in [-0.2, 0) is 9.59 Å². The Balaban J connectivity index is 2.77. The van der Waals surface area contributed by atoms with E-state index in [2.05, 4.69) is 10.6 Å². The van der Waals surface area contributed by atoms with Gasteiger partial charge in [-0.1, -0.05) is 20.8 Å². The minimum absolute atomic E-state index is 0.0640. The lowest BCUT2D eigenvalue weighted by molar-refractivity contribution is -0.144. The highest BCUT2D eigenvalue weighted by Crippen LogP contribution is 2.19. The molecule has 0 radical (unpaired) electrons. The van der Waals surface area contributed by atoms with Crippen LogP contribution in [-0.4, -0.2) is 53.1 Å². The number of nitrogens with one attached hydrogen (secondary N) is 2.